The van der Waals surface area contributed by atoms with E-state index in [0.29, 0.717) is 33.6 Å². The van der Waals surface area contributed by atoms with Gasteiger partial charge in [-0.15, -0.1) is 0 Å². The first-order chi connectivity index (χ1) is 20.4. The molecule has 4 aromatic rings. The van der Waals surface area contributed by atoms with Crippen LogP contribution in [0.4, 0.5) is 10.5 Å². The van der Waals surface area contributed by atoms with Gasteiger partial charge in [-0.2, -0.15) is 0 Å². The van der Waals surface area contributed by atoms with Gasteiger partial charge in [0.1, 0.15) is 13.2 Å². The molecule has 0 unspecified atom stereocenters. The number of methoxy groups -OCH3 is 1. The Labute approximate surface area is 245 Å². The number of nitrogens with zero attached hydrogens (tertiary/aromatic N) is 2. The van der Waals surface area contributed by atoms with Crippen molar-refractivity contribution in [2.75, 3.05) is 32.4 Å². The highest BCUT2D eigenvalue weighted by Crippen LogP contribution is 2.37. The number of rotatable bonds is 9. The van der Waals surface area contributed by atoms with Gasteiger partial charge >= 0.3 is 0 Å². The van der Waals surface area contributed by atoms with Gasteiger partial charge in [0.25, 0.3) is 11.1 Å². The highest BCUT2D eigenvalue weighted by atomic mass is 32.2. The molecule has 10 nitrogen and oxygen atoms in total. The van der Waals surface area contributed by atoms with Crippen LogP contribution < -0.4 is 24.3 Å². The molecule has 3 heterocycles. The first-order valence-electron chi connectivity index (χ1n) is 13.2. The minimum absolute atomic E-state index is 0.0520. The van der Waals surface area contributed by atoms with Crippen LogP contribution >= 0.6 is 11.8 Å². The number of thioether (sulfide) groups is 1. The van der Waals surface area contributed by atoms with Crippen LogP contribution in [-0.4, -0.2) is 53.6 Å². The topological polar surface area (TPSA) is 108 Å². The SMILES string of the molecule is COc1ccccc1OCCN1C(=O)S/C(=C\c2c(C)n(CC(=O)Nc3ccc4c(c3)OCO4)c3ccccc23)C1=O. The van der Waals surface area contributed by atoms with Crippen LogP contribution in [0.15, 0.2) is 71.6 Å². The Morgan fingerprint density at radius 3 is 2.62 bits per heavy atom. The molecule has 0 bridgehead atoms. The predicted molar refractivity (Wildman–Crippen MR) is 159 cm³/mol. The molecule has 214 valence electrons. The van der Waals surface area contributed by atoms with Gasteiger partial charge in [0.15, 0.2) is 23.0 Å². The second-order valence-corrected chi connectivity index (χ2v) is 10.5. The van der Waals surface area contributed by atoms with Crippen LogP contribution in [0.5, 0.6) is 23.0 Å². The molecular weight excluding hydrogens is 558 g/mol. The summed E-state index contributed by atoms with van der Waals surface area (Å²) in [5.74, 6) is 1.72. The number of amides is 3. The zero-order valence-corrected chi connectivity index (χ0v) is 23.7. The summed E-state index contributed by atoms with van der Waals surface area (Å²) in [6.07, 6.45) is 1.73. The molecule has 6 rings (SSSR count). The molecule has 3 amide bonds. The maximum absolute atomic E-state index is 13.2. The molecule has 0 saturated carbocycles. The van der Waals surface area contributed by atoms with E-state index < -0.39 is 0 Å². The molecule has 0 atom stereocenters. The van der Waals surface area contributed by atoms with E-state index in [1.165, 1.54) is 4.90 Å². The van der Waals surface area contributed by atoms with Crippen LogP contribution in [0.2, 0.25) is 0 Å². The molecule has 0 spiro atoms. The minimum Gasteiger partial charge on any atom is -0.493 e. The Balaban J connectivity index is 1.19. The summed E-state index contributed by atoms with van der Waals surface area (Å²) in [6.45, 7) is 2.32. The highest BCUT2D eigenvalue weighted by Gasteiger charge is 2.35. The third-order valence-corrected chi connectivity index (χ3v) is 7.94. The Morgan fingerprint density at radius 2 is 1.79 bits per heavy atom. The van der Waals surface area contributed by atoms with Gasteiger partial charge in [0.2, 0.25) is 12.7 Å². The van der Waals surface area contributed by atoms with Gasteiger partial charge in [0, 0.05) is 33.9 Å². The van der Waals surface area contributed by atoms with Gasteiger partial charge in [-0.1, -0.05) is 30.3 Å². The maximum Gasteiger partial charge on any atom is 0.293 e. The van der Waals surface area contributed by atoms with Crippen molar-refractivity contribution in [1.29, 1.82) is 0 Å². The number of aromatic nitrogens is 1. The molecule has 2 aliphatic rings. The number of anilines is 1. The smallest absolute Gasteiger partial charge is 0.293 e. The second kappa shape index (κ2) is 11.5. The lowest BCUT2D eigenvalue weighted by Gasteiger charge is -2.14. The van der Waals surface area contributed by atoms with Crippen molar-refractivity contribution in [1.82, 2.24) is 9.47 Å². The fraction of sp³-hybridized carbons (Fsp3) is 0.194. The fourth-order valence-corrected chi connectivity index (χ4v) is 5.82. The number of benzene rings is 3. The van der Waals surface area contributed by atoms with Gasteiger partial charge < -0.3 is 28.8 Å². The zero-order chi connectivity index (χ0) is 29.2. The van der Waals surface area contributed by atoms with Crippen molar-refractivity contribution in [2.45, 2.75) is 13.5 Å². The van der Waals surface area contributed by atoms with Gasteiger partial charge in [0.05, 0.1) is 18.6 Å². The second-order valence-electron chi connectivity index (χ2n) is 9.55. The van der Waals surface area contributed by atoms with Gasteiger partial charge in [-0.3, -0.25) is 19.3 Å². The Bertz CT molecular complexity index is 1750. The van der Waals surface area contributed by atoms with E-state index in [4.69, 9.17) is 18.9 Å². The van der Waals surface area contributed by atoms with E-state index in [0.717, 1.165) is 33.9 Å². The first-order valence-corrected chi connectivity index (χ1v) is 14.0. The molecule has 42 heavy (non-hydrogen) atoms. The molecule has 1 aromatic heterocycles. The van der Waals surface area contributed by atoms with E-state index >= 15 is 0 Å². The summed E-state index contributed by atoms with van der Waals surface area (Å²) in [5, 5.41) is 3.42. The molecular formula is C31H27N3O7S. The summed E-state index contributed by atoms with van der Waals surface area (Å²) < 4.78 is 23.7. The number of nitrogens with one attached hydrogen (secondary N) is 1. The molecule has 1 saturated heterocycles. The van der Waals surface area contributed by atoms with Crippen LogP contribution in [0, 0.1) is 6.92 Å². The Morgan fingerprint density at radius 1 is 1.02 bits per heavy atom. The third kappa shape index (κ3) is 5.26. The number of hydrogen-bond acceptors (Lipinski definition) is 8. The summed E-state index contributed by atoms with van der Waals surface area (Å²) in [4.78, 5) is 40.6. The normalized spacial score (nSPS) is 15.1. The van der Waals surface area contributed by atoms with Crippen molar-refractivity contribution < 1.29 is 33.3 Å². The van der Waals surface area contributed by atoms with Gasteiger partial charge in [-0.05, 0) is 55.1 Å². The molecule has 2 aliphatic heterocycles. The van der Waals surface area contributed by atoms with Crippen LogP contribution in [0.1, 0.15) is 11.3 Å². The molecule has 0 radical (unpaired) electrons. The molecule has 3 aromatic carbocycles. The van der Waals surface area contributed by atoms with Crippen molar-refractivity contribution in [3.8, 4) is 23.0 Å². The summed E-state index contributed by atoms with van der Waals surface area (Å²) in [6, 6.07) is 20.1. The van der Waals surface area contributed by atoms with Crippen LogP contribution in [0.25, 0.3) is 17.0 Å². The van der Waals surface area contributed by atoms with Crippen LogP contribution in [0.3, 0.4) is 0 Å². The number of ether oxygens (including phenoxy) is 4. The zero-order valence-electron chi connectivity index (χ0n) is 22.9. The monoisotopic (exact) mass is 585 g/mol. The first kappa shape index (κ1) is 27.3. The number of para-hydroxylation sites is 3. The van der Waals surface area contributed by atoms with Gasteiger partial charge in [-0.25, -0.2) is 0 Å². The number of hydrogen-bond donors (Lipinski definition) is 1. The third-order valence-electron chi connectivity index (χ3n) is 7.03. The lowest BCUT2D eigenvalue weighted by Crippen LogP contribution is -2.32. The lowest BCUT2D eigenvalue weighted by molar-refractivity contribution is -0.123. The average molecular weight is 586 g/mol. The van der Waals surface area contributed by atoms with Crippen molar-refractivity contribution in [3.63, 3.8) is 0 Å². The largest absolute Gasteiger partial charge is 0.493 e. The predicted octanol–water partition coefficient (Wildman–Crippen LogP) is 5.44. The molecule has 0 aliphatic carbocycles. The number of carbonyl (C=O) groups is 3. The average Bonchev–Trinajstić information content (AvgIpc) is 3.65. The Kier molecular flexibility index (Phi) is 7.49. The van der Waals surface area contributed by atoms with Crippen LogP contribution in [-0.2, 0) is 16.1 Å². The minimum atomic E-state index is -0.384. The van der Waals surface area contributed by atoms with Crippen molar-refractivity contribution in [2.24, 2.45) is 0 Å². The van der Waals surface area contributed by atoms with E-state index in [9.17, 15) is 14.4 Å². The Hall–Kier alpha value is -4.90. The number of fused-ring (bicyclic) bond motifs is 2. The number of carbonyl (C=O) groups excluding carboxylic acids is 3. The maximum atomic E-state index is 13.2. The lowest BCUT2D eigenvalue weighted by atomic mass is 10.1. The fourth-order valence-electron chi connectivity index (χ4n) is 4.97. The summed E-state index contributed by atoms with van der Waals surface area (Å²) >= 11 is 0.890. The summed E-state index contributed by atoms with van der Waals surface area (Å²) in [5.41, 5.74) is 3.01. The van der Waals surface area contributed by atoms with Crippen molar-refractivity contribution in [3.05, 3.63) is 82.9 Å². The van der Waals surface area contributed by atoms with E-state index in [-0.39, 0.29) is 43.5 Å². The highest BCUT2D eigenvalue weighted by molar-refractivity contribution is 8.18. The van der Waals surface area contributed by atoms with Crippen molar-refractivity contribution >= 4 is 51.5 Å². The van der Waals surface area contributed by atoms with E-state index in [1.54, 1.807) is 43.5 Å². The number of imide groups is 1. The standard InChI is InChI=1S/C31H27N3O7S/c1-19-22(16-28-30(36)33(31(37)42-28)13-14-39-25-10-6-5-9-24(25)38-2)21-7-3-4-8-23(21)34(19)17-29(35)32-20-11-12-26-27(15-20)41-18-40-26/h3-12,15-16H,13-14,17-18H2,1-2H3,(H,32,35)/b28-16-. The van der Waals surface area contributed by atoms with E-state index in [1.807, 2.05) is 47.9 Å². The molecule has 11 heteroatoms. The molecule has 1 N–H and O–H groups in total. The van der Waals surface area contributed by atoms with E-state index in [2.05, 4.69) is 5.32 Å². The summed E-state index contributed by atoms with van der Waals surface area (Å²) in [7, 11) is 1.55. The quantitative estimate of drug-likeness (QED) is 0.259. The molecule has 1 fully saturated rings.